The fraction of sp³-hybridized carbons (Fsp3) is 0.273. The molecule has 0 aliphatic carbocycles. The first kappa shape index (κ1) is 11.2. The van der Waals surface area contributed by atoms with Gasteiger partial charge in [0, 0.05) is 24.2 Å². The van der Waals surface area contributed by atoms with Gasteiger partial charge < -0.3 is 0 Å². The van der Waals surface area contributed by atoms with Crippen LogP contribution in [0.25, 0.3) is 11.4 Å². The number of aryl methyl sites for hydroxylation is 1. The average molecular weight is 231 g/mol. The maximum absolute atomic E-state index is 12.3. The Morgan fingerprint density at radius 3 is 2.94 bits per heavy atom. The summed E-state index contributed by atoms with van der Waals surface area (Å²) in [5.74, 6) is 0. The number of alkyl halides is 1. The molecular formula is C11H10FN5. The minimum atomic E-state index is -0.492. The van der Waals surface area contributed by atoms with Gasteiger partial charge in [-0.15, -0.1) is 0 Å². The summed E-state index contributed by atoms with van der Waals surface area (Å²) in [4.78, 5) is 8.07. The molecule has 2 aromatic rings. The van der Waals surface area contributed by atoms with E-state index in [1.54, 1.807) is 24.8 Å². The van der Waals surface area contributed by atoms with Crippen molar-refractivity contribution in [2.45, 2.75) is 13.0 Å². The van der Waals surface area contributed by atoms with Gasteiger partial charge in [-0.2, -0.15) is 10.4 Å². The number of hydrogen-bond donors (Lipinski definition) is 0. The zero-order valence-corrected chi connectivity index (χ0v) is 9.04. The van der Waals surface area contributed by atoms with Gasteiger partial charge in [-0.1, -0.05) is 0 Å². The lowest BCUT2D eigenvalue weighted by Gasteiger charge is -1.96. The topological polar surface area (TPSA) is 67.4 Å². The number of rotatable bonds is 4. The van der Waals surface area contributed by atoms with Crippen molar-refractivity contribution >= 4 is 0 Å². The lowest BCUT2D eigenvalue weighted by Crippen LogP contribution is -2.00. The van der Waals surface area contributed by atoms with Crippen LogP contribution in [-0.4, -0.2) is 26.4 Å². The van der Waals surface area contributed by atoms with Crippen LogP contribution >= 0.6 is 0 Å². The summed E-state index contributed by atoms with van der Waals surface area (Å²) >= 11 is 0. The van der Waals surface area contributed by atoms with Crippen molar-refractivity contribution in [2.24, 2.45) is 0 Å². The van der Waals surface area contributed by atoms with Crippen molar-refractivity contribution in [1.29, 1.82) is 5.26 Å². The second kappa shape index (κ2) is 5.16. The summed E-state index contributed by atoms with van der Waals surface area (Å²) in [6, 6.07) is 2.05. The van der Waals surface area contributed by atoms with Crippen LogP contribution in [-0.2, 0) is 13.0 Å². The summed E-state index contributed by atoms with van der Waals surface area (Å²) in [6.45, 7) is -0.313. The first-order valence-corrected chi connectivity index (χ1v) is 5.10. The number of nitriles is 1. The fourth-order valence-electron chi connectivity index (χ4n) is 1.52. The molecule has 0 unspecified atom stereocenters. The van der Waals surface area contributed by atoms with Gasteiger partial charge in [0.25, 0.3) is 0 Å². The van der Waals surface area contributed by atoms with Crippen molar-refractivity contribution in [1.82, 2.24) is 19.7 Å². The molecule has 0 atom stereocenters. The summed E-state index contributed by atoms with van der Waals surface area (Å²) < 4.78 is 13.7. The average Bonchev–Trinajstić information content (AvgIpc) is 2.74. The summed E-state index contributed by atoms with van der Waals surface area (Å²) in [6.07, 6.45) is 6.58. The van der Waals surface area contributed by atoms with Crippen LogP contribution in [0.15, 0.2) is 24.8 Å². The first-order valence-electron chi connectivity index (χ1n) is 5.10. The molecule has 2 aromatic heterocycles. The summed E-state index contributed by atoms with van der Waals surface area (Å²) in [7, 11) is 0. The van der Waals surface area contributed by atoms with Gasteiger partial charge in [0.05, 0.1) is 25.2 Å². The van der Waals surface area contributed by atoms with E-state index >= 15 is 0 Å². The van der Waals surface area contributed by atoms with E-state index < -0.39 is 6.67 Å². The van der Waals surface area contributed by atoms with Crippen molar-refractivity contribution in [3.63, 3.8) is 0 Å². The van der Waals surface area contributed by atoms with E-state index in [1.165, 1.54) is 4.68 Å². The Morgan fingerprint density at radius 2 is 2.29 bits per heavy atom. The van der Waals surface area contributed by atoms with Gasteiger partial charge in [-0.25, -0.2) is 4.39 Å². The Balaban J connectivity index is 2.41. The minimum Gasteiger partial charge on any atom is -0.269 e. The van der Waals surface area contributed by atoms with Gasteiger partial charge in [0.2, 0.25) is 0 Å². The van der Waals surface area contributed by atoms with Crippen LogP contribution in [0.3, 0.4) is 0 Å². The van der Waals surface area contributed by atoms with E-state index in [1.807, 2.05) is 0 Å². The largest absolute Gasteiger partial charge is 0.269 e. The molecule has 0 aliphatic rings. The SMILES string of the molecule is N#CCc1cn(CCF)nc1-c1cnccn1. The third-order valence-corrected chi connectivity index (χ3v) is 2.23. The third-order valence-electron chi connectivity index (χ3n) is 2.23. The van der Waals surface area contributed by atoms with Crippen LogP contribution in [0.1, 0.15) is 5.56 Å². The predicted octanol–water partition coefficient (Wildman–Crippen LogP) is 1.38. The van der Waals surface area contributed by atoms with E-state index in [0.29, 0.717) is 11.4 Å². The van der Waals surface area contributed by atoms with Gasteiger partial charge in [0.1, 0.15) is 18.1 Å². The molecule has 0 bridgehead atoms. The maximum Gasteiger partial charge on any atom is 0.116 e. The number of nitrogens with zero attached hydrogens (tertiary/aromatic N) is 5. The lowest BCUT2D eigenvalue weighted by atomic mass is 10.1. The molecule has 0 aliphatic heterocycles. The fourth-order valence-corrected chi connectivity index (χ4v) is 1.52. The van der Waals surface area contributed by atoms with Crippen molar-refractivity contribution < 1.29 is 4.39 Å². The zero-order valence-electron chi connectivity index (χ0n) is 9.04. The monoisotopic (exact) mass is 231 g/mol. The van der Waals surface area contributed by atoms with Gasteiger partial charge in [-0.05, 0) is 0 Å². The molecule has 17 heavy (non-hydrogen) atoms. The highest BCUT2D eigenvalue weighted by Crippen LogP contribution is 2.19. The highest BCUT2D eigenvalue weighted by molar-refractivity contribution is 5.57. The molecule has 0 spiro atoms. The number of hydrogen-bond acceptors (Lipinski definition) is 4. The van der Waals surface area contributed by atoms with Gasteiger partial charge in [-0.3, -0.25) is 14.6 Å². The molecule has 0 amide bonds. The zero-order chi connectivity index (χ0) is 12.1. The minimum absolute atomic E-state index is 0.179. The van der Waals surface area contributed by atoms with Crippen LogP contribution in [0, 0.1) is 11.3 Å². The molecule has 0 saturated heterocycles. The highest BCUT2D eigenvalue weighted by atomic mass is 19.1. The molecule has 0 N–H and O–H groups in total. The van der Waals surface area contributed by atoms with E-state index in [0.717, 1.165) is 5.56 Å². The van der Waals surface area contributed by atoms with Crippen LogP contribution in [0.2, 0.25) is 0 Å². The highest BCUT2D eigenvalue weighted by Gasteiger charge is 2.12. The molecule has 2 rings (SSSR count). The smallest absolute Gasteiger partial charge is 0.116 e. The number of aromatic nitrogens is 4. The summed E-state index contributed by atoms with van der Waals surface area (Å²) in [5, 5.41) is 12.9. The second-order valence-electron chi connectivity index (χ2n) is 3.38. The Kier molecular flexibility index (Phi) is 3.40. The Bertz CT molecular complexity index is 529. The first-order chi connectivity index (χ1) is 8.35. The molecule has 0 fully saturated rings. The molecule has 5 nitrogen and oxygen atoms in total. The van der Waals surface area contributed by atoms with Gasteiger partial charge >= 0.3 is 0 Å². The molecule has 0 saturated carbocycles. The second-order valence-corrected chi connectivity index (χ2v) is 3.38. The van der Waals surface area contributed by atoms with E-state index in [-0.39, 0.29) is 13.0 Å². The van der Waals surface area contributed by atoms with Crippen LogP contribution in [0.4, 0.5) is 4.39 Å². The van der Waals surface area contributed by atoms with Crippen LogP contribution in [0.5, 0.6) is 0 Å². The number of halogens is 1. The Labute approximate surface area is 97.6 Å². The van der Waals surface area contributed by atoms with Crippen molar-refractivity contribution in [3.8, 4) is 17.5 Å². The van der Waals surface area contributed by atoms with Crippen LogP contribution < -0.4 is 0 Å². The Hall–Kier alpha value is -2.29. The molecular weight excluding hydrogens is 221 g/mol. The molecule has 6 heteroatoms. The van der Waals surface area contributed by atoms with Gasteiger partial charge in [0.15, 0.2) is 0 Å². The molecule has 0 radical (unpaired) electrons. The van der Waals surface area contributed by atoms with E-state index in [2.05, 4.69) is 21.1 Å². The normalized spacial score (nSPS) is 10.1. The lowest BCUT2D eigenvalue weighted by molar-refractivity contribution is 0.427. The summed E-state index contributed by atoms with van der Waals surface area (Å²) in [5.41, 5.74) is 1.92. The standard InChI is InChI=1S/C11H10FN5/c12-2-6-17-8-9(1-3-13)11(16-17)10-7-14-4-5-15-10/h4-5,7-8H,1-2,6H2. The van der Waals surface area contributed by atoms with Crippen molar-refractivity contribution in [3.05, 3.63) is 30.4 Å². The Morgan fingerprint density at radius 1 is 1.41 bits per heavy atom. The quantitative estimate of drug-likeness (QED) is 0.797. The molecule has 86 valence electrons. The molecule has 0 aromatic carbocycles. The maximum atomic E-state index is 12.3. The van der Waals surface area contributed by atoms with E-state index in [4.69, 9.17) is 5.26 Å². The predicted molar refractivity (Wildman–Crippen MR) is 58.5 cm³/mol. The van der Waals surface area contributed by atoms with Crippen molar-refractivity contribution in [2.75, 3.05) is 6.67 Å². The molecule has 2 heterocycles. The van der Waals surface area contributed by atoms with E-state index in [9.17, 15) is 4.39 Å². The third kappa shape index (κ3) is 2.45.